The molecule has 0 aliphatic carbocycles. The van der Waals surface area contributed by atoms with Gasteiger partial charge in [0.25, 0.3) is 0 Å². The second kappa shape index (κ2) is 6.74. The SMILES string of the molecule is C#CCC(CC)Nc1cnc(C(C)C)nc1C(=O)O. The number of nitrogens with zero attached hydrogens (tertiary/aromatic N) is 2. The molecule has 0 saturated carbocycles. The van der Waals surface area contributed by atoms with Gasteiger partial charge in [-0.1, -0.05) is 20.8 Å². The average molecular weight is 261 g/mol. The fourth-order valence-corrected chi connectivity index (χ4v) is 1.60. The molecule has 0 aliphatic heterocycles. The standard InChI is InChI=1S/C14H19N3O2/c1-5-7-10(6-2)16-11-8-15-13(9(3)4)17-12(11)14(18)19/h1,8-10,16H,6-7H2,2-4H3,(H,18,19). The van der Waals surface area contributed by atoms with E-state index in [4.69, 9.17) is 6.42 Å². The summed E-state index contributed by atoms with van der Waals surface area (Å²) >= 11 is 0. The van der Waals surface area contributed by atoms with Crippen molar-refractivity contribution in [3.05, 3.63) is 17.7 Å². The lowest BCUT2D eigenvalue weighted by molar-refractivity contribution is 0.0691. The summed E-state index contributed by atoms with van der Waals surface area (Å²) < 4.78 is 0. The lowest BCUT2D eigenvalue weighted by Crippen LogP contribution is -2.21. The van der Waals surface area contributed by atoms with Gasteiger partial charge in [0.15, 0.2) is 5.69 Å². The summed E-state index contributed by atoms with van der Waals surface area (Å²) in [6.07, 6.45) is 8.13. The van der Waals surface area contributed by atoms with Crippen molar-refractivity contribution in [1.29, 1.82) is 0 Å². The third kappa shape index (κ3) is 3.95. The normalized spacial score (nSPS) is 11.9. The molecule has 1 heterocycles. The Balaban J connectivity index is 3.06. The summed E-state index contributed by atoms with van der Waals surface area (Å²) in [4.78, 5) is 19.5. The monoisotopic (exact) mass is 261 g/mol. The van der Waals surface area contributed by atoms with Gasteiger partial charge in [-0.2, -0.15) is 0 Å². The van der Waals surface area contributed by atoms with E-state index in [1.807, 2.05) is 20.8 Å². The molecular weight excluding hydrogens is 242 g/mol. The Morgan fingerprint density at radius 1 is 1.58 bits per heavy atom. The van der Waals surface area contributed by atoms with Crippen LogP contribution in [0.25, 0.3) is 0 Å². The van der Waals surface area contributed by atoms with Crippen LogP contribution in [0.4, 0.5) is 5.69 Å². The molecule has 2 N–H and O–H groups in total. The quantitative estimate of drug-likeness (QED) is 0.769. The Morgan fingerprint density at radius 3 is 2.74 bits per heavy atom. The van der Waals surface area contributed by atoms with Crippen molar-refractivity contribution in [2.45, 2.75) is 45.6 Å². The van der Waals surface area contributed by atoms with Crippen LogP contribution in [0.1, 0.15) is 55.8 Å². The summed E-state index contributed by atoms with van der Waals surface area (Å²) in [6.45, 7) is 5.82. The van der Waals surface area contributed by atoms with Crippen LogP contribution in [0.5, 0.6) is 0 Å². The molecule has 5 nitrogen and oxygen atoms in total. The molecule has 0 bridgehead atoms. The van der Waals surface area contributed by atoms with Crippen LogP contribution in [-0.2, 0) is 0 Å². The van der Waals surface area contributed by atoms with Gasteiger partial charge in [-0.3, -0.25) is 0 Å². The molecule has 1 rings (SSSR count). The van der Waals surface area contributed by atoms with Gasteiger partial charge in [0.05, 0.1) is 11.9 Å². The number of carboxylic acids is 1. The van der Waals surface area contributed by atoms with Crippen LogP contribution in [-0.4, -0.2) is 27.1 Å². The molecule has 0 aromatic carbocycles. The average Bonchev–Trinajstić information content (AvgIpc) is 2.37. The van der Waals surface area contributed by atoms with Gasteiger partial charge >= 0.3 is 5.97 Å². The van der Waals surface area contributed by atoms with Crippen molar-refractivity contribution in [1.82, 2.24) is 9.97 Å². The number of hydrogen-bond donors (Lipinski definition) is 2. The van der Waals surface area contributed by atoms with Crippen molar-refractivity contribution >= 4 is 11.7 Å². The second-order valence-electron chi connectivity index (χ2n) is 4.61. The minimum Gasteiger partial charge on any atom is -0.476 e. The maximum Gasteiger partial charge on any atom is 0.356 e. The molecule has 0 aliphatic rings. The zero-order valence-corrected chi connectivity index (χ0v) is 11.5. The number of rotatable bonds is 6. The Labute approximate surface area is 113 Å². The highest BCUT2D eigenvalue weighted by atomic mass is 16.4. The minimum absolute atomic E-state index is 0.00540. The van der Waals surface area contributed by atoms with E-state index in [9.17, 15) is 9.90 Å². The van der Waals surface area contributed by atoms with Crippen molar-refractivity contribution in [3.63, 3.8) is 0 Å². The van der Waals surface area contributed by atoms with Crippen molar-refractivity contribution in [2.75, 3.05) is 5.32 Å². The molecule has 1 aromatic heterocycles. The molecule has 0 amide bonds. The second-order valence-corrected chi connectivity index (χ2v) is 4.61. The molecule has 5 heteroatoms. The molecule has 0 radical (unpaired) electrons. The highest BCUT2D eigenvalue weighted by Crippen LogP contribution is 2.18. The predicted molar refractivity (Wildman–Crippen MR) is 74.2 cm³/mol. The van der Waals surface area contributed by atoms with Crippen LogP contribution < -0.4 is 5.32 Å². The van der Waals surface area contributed by atoms with Gasteiger partial charge in [-0.15, -0.1) is 12.3 Å². The fourth-order valence-electron chi connectivity index (χ4n) is 1.60. The molecule has 0 saturated heterocycles. The van der Waals surface area contributed by atoms with Crippen molar-refractivity contribution in [2.24, 2.45) is 0 Å². The lowest BCUT2D eigenvalue weighted by atomic mass is 10.1. The van der Waals surface area contributed by atoms with Crippen LogP contribution in [0.15, 0.2) is 6.20 Å². The Morgan fingerprint density at radius 2 is 2.26 bits per heavy atom. The van der Waals surface area contributed by atoms with Crippen molar-refractivity contribution < 1.29 is 9.90 Å². The van der Waals surface area contributed by atoms with E-state index in [1.165, 1.54) is 6.20 Å². The van der Waals surface area contributed by atoms with Crippen LogP contribution in [0, 0.1) is 12.3 Å². The van der Waals surface area contributed by atoms with E-state index >= 15 is 0 Å². The number of carbonyl (C=O) groups is 1. The largest absolute Gasteiger partial charge is 0.476 e. The summed E-state index contributed by atoms with van der Waals surface area (Å²) in [5.74, 6) is 2.10. The molecule has 1 aromatic rings. The Kier molecular flexibility index (Phi) is 5.31. The number of anilines is 1. The Hall–Kier alpha value is -2.09. The van der Waals surface area contributed by atoms with E-state index < -0.39 is 5.97 Å². The van der Waals surface area contributed by atoms with E-state index in [2.05, 4.69) is 21.2 Å². The van der Waals surface area contributed by atoms with Gasteiger partial charge < -0.3 is 10.4 Å². The van der Waals surface area contributed by atoms with Gasteiger partial charge in [0, 0.05) is 18.4 Å². The first-order chi connectivity index (χ1) is 8.99. The smallest absolute Gasteiger partial charge is 0.356 e. The molecule has 19 heavy (non-hydrogen) atoms. The summed E-state index contributed by atoms with van der Waals surface area (Å²) in [5.41, 5.74) is 0.410. The van der Waals surface area contributed by atoms with Crippen LogP contribution in [0.2, 0.25) is 0 Å². The van der Waals surface area contributed by atoms with E-state index in [0.29, 0.717) is 17.9 Å². The molecule has 0 fully saturated rings. The number of aromatic carboxylic acids is 1. The number of nitrogens with one attached hydrogen (secondary N) is 1. The fraction of sp³-hybridized carbons (Fsp3) is 0.500. The minimum atomic E-state index is -1.07. The first-order valence-electron chi connectivity index (χ1n) is 6.29. The maximum absolute atomic E-state index is 11.3. The van der Waals surface area contributed by atoms with Gasteiger partial charge in [0.2, 0.25) is 0 Å². The third-order valence-electron chi connectivity index (χ3n) is 2.74. The van der Waals surface area contributed by atoms with Crippen LogP contribution in [0.3, 0.4) is 0 Å². The zero-order valence-electron chi connectivity index (χ0n) is 11.5. The topological polar surface area (TPSA) is 75.1 Å². The Bertz CT molecular complexity index is 492. The molecule has 0 spiro atoms. The zero-order chi connectivity index (χ0) is 14.4. The number of hydrogen-bond acceptors (Lipinski definition) is 4. The first kappa shape index (κ1) is 15.0. The molecular formula is C14H19N3O2. The van der Waals surface area contributed by atoms with Gasteiger partial charge in [-0.25, -0.2) is 14.8 Å². The number of carboxylic acid groups (broad SMARTS) is 1. The third-order valence-corrected chi connectivity index (χ3v) is 2.74. The van der Waals surface area contributed by atoms with Gasteiger partial charge in [-0.05, 0) is 6.42 Å². The predicted octanol–water partition coefficient (Wildman–Crippen LogP) is 2.51. The highest BCUT2D eigenvalue weighted by Gasteiger charge is 2.17. The van der Waals surface area contributed by atoms with Crippen molar-refractivity contribution in [3.8, 4) is 12.3 Å². The lowest BCUT2D eigenvalue weighted by Gasteiger charge is -2.17. The summed E-state index contributed by atoms with van der Waals surface area (Å²) in [5, 5.41) is 12.3. The first-order valence-corrected chi connectivity index (χ1v) is 6.29. The molecule has 102 valence electrons. The van der Waals surface area contributed by atoms with E-state index in [1.54, 1.807) is 0 Å². The number of aromatic nitrogens is 2. The summed E-state index contributed by atoms with van der Waals surface area (Å²) in [6, 6.07) is 0.0246. The number of terminal acetylenes is 1. The van der Waals surface area contributed by atoms with E-state index in [0.717, 1.165) is 6.42 Å². The maximum atomic E-state index is 11.3. The van der Waals surface area contributed by atoms with Gasteiger partial charge in [0.1, 0.15) is 5.82 Å². The molecule has 1 atom stereocenters. The van der Waals surface area contributed by atoms with Crippen LogP contribution >= 0.6 is 0 Å². The summed E-state index contributed by atoms with van der Waals surface area (Å²) in [7, 11) is 0. The van der Waals surface area contributed by atoms with E-state index in [-0.39, 0.29) is 17.7 Å². The highest BCUT2D eigenvalue weighted by molar-refractivity contribution is 5.91. The molecule has 1 unspecified atom stereocenters.